The first-order chi connectivity index (χ1) is 13.0. The van der Waals surface area contributed by atoms with Gasteiger partial charge in [-0.05, 0) is 11.5 Å². The van der Waals surface area contributed by atoms with Crippen LogP contribution in [0.4, 0.5) is 10.6 Å². The number of pyridine rings is 1. The highest BCUT2D eigenvalue weighted by Gasteiger charge is 2.25. The van der Waals surface area contributed by atoms with E-state index in [1.54, 1.807) is 12.3 Å². The third-order valence-electron chi connectivity index (χ3n) is 4.32. The number of hydrogen-bond acceptors (Lipinski definition) is 5. The summed E-state index contributed by atoms with van der Waals surface area (Å²) in [4.78, 5) is 16.7. The average molecular weight is 369 g/mol. The van der Waals surface area contributed by atoms with Crippen LogP contribution in [0, 0.1) is 5.92 Å². The number of carbonyl (C=O) groups excluding carboxylic acids is 1. The molecule has 0 unspecified atom stereocenters. The van der Waals surface area contributed by atoms with Crippen LogP contribution in [0.3, 0.4) is 0 Å². The summed E-state index contributed by atoms with van der Waals surface area (Å²) in [7, 11) is 1.53. The molecule has 3 aromatic rings. The molecule has 8 heteroatoms. The first-order valence-electron chi connectivity index (χ1n) is 8.68. The number of aliphatic hydroxyl groups is 1. The molecule has 8 nitrogen and oxygen atoms in total. The second kappa shape index (κ2) is 8.05. The molecule has 3 rings (SSSR count). The number of nitrogens with zero attached hydrogens (tertiary/aromatic N) is 2. The Balaban J connectivity index is 1.76. The van der Waals surface area contributed by atoms with Crippen LogP contribution in [0.5, 0.6) is 5.88 Å². The number of carbonyl (C=O) groups is 1. The smallest absolute Gasteiger partial charge is 0.320 e. The molecule has 0 bridgehead atoms. The Kier molecular flexibility index (Phi) is 5.56. The Labute approximate surface area is 157 Å². The lowest BCUT2D eigenvalue weighted by Gasteiger charge is -2.27. The third-order valence-corrected chi connectivity index (χ3v) is 4.32. The van der Waals surface area contributed by atoms with Crippen molar-refractivity contribution < 1.29 is 14.6 Å². The molecule has 0 saturated heterocycles. The quantitative estimate of drug-likeness (QED) is 0.534. The number of aliphatic hydroxyl groups excluding tert-OH is 1. The second-order valence-corrected chi connectivity index (χ2v) is 6.57. The number of nitrogens with one attached hydrogen (secondary N) is 3. The molecule has 0 aliphatic carbocycles. The van der Waals surface area contributed by atoms with Crippen LogP contribution in [0.15, 0.2) is 42.6 Å². The monoisotopic (exact) mass is 369 g/mol. The van der Waals surface area contributed by atoms with E-state index in [1.165, 1.54) is 7.11 Å². The van der Waals surface area contributed by atoms with Gasteiger partial charge in [0, 0.05) is 12.3 Å². The minimum absolute atomic E-state index is 0.0255. The number of anilines is 1. The maximum absolute atomic E-state index is 12.5. The summed E-state index contributed by atoms with van der Waals surface area (Å²) in [6, 6.07) is 10.0. The first-order valence-corrected chi connectivity index (χ1v) is 8.68. The minimum atomic E-state index is -0.731. The summed E-state index contributed by atoms with van der Waals surface area (Å²) in [6.07, 6.45) is 0.843. The van der Waals surface area contributed by atoms with E-state index in [0.717, 1.165) is 10.9 Å². The van der Waals surface area contributed by atoms with Crippen LogP contribution < -0.4 is 15.4 Å². The number of aromatic nitrogens is 3. The number of hydrogen-bond donors (Lipinski definition) is 4. The summed E-state index contributed by atoms with van der Waals surface area (Å²) in [5.74, 6) is 0.775. The number of fused-ring (bicyclic) bond motifs is 1. The number of H-pyrrole nitrogens is 1. The zero-order chi connectivity index (χ0) is 19.4. The number of aromatic amines is 1. The Morgan fingerprint density at radius 1 is 1.26 bits per heavy atom. The molecule has 142 valence electrons. The van der Waals surface area contributed by atoms with Gasteiger partial charge in [-0.1, -0.05) is 44.2 Å². The molecule has 2 atom stereocenters. The number of amides is 2. The standard InChI is InChI=1S/C19H23N5O3/c1-11(2)17(25)16(12-7-5-4-6-8-12)22-19(26)21-15-9-14-13(10-20-15)18(27-3)24-23-14/h4-11,16-17,25H,1-3H3,(H,23,24)(H2,20,21,22,26)/t16-,17-/m1/s1. The fourth-order valence-corrected chi connectivity index (χ4v) is 2.82. The van der Waals surface area contributed by atoms with Crippen molar-refractivity contribution in [2.24, 2.45) is 5.92 Å². The first kappa shape index (κ1) is 18.7. The second-order valence-electron chi connectivity index (χ2n) is 6.57. The lowest BCUT2D eigenvalue weighted by atomic mass is 9.94. The number of urea groups is 1. The molecule has 27 heavy (non-hydrogen) atoms. The van der Waals surface area contributed by atoms with Crippen molar-refractivity contribution in [1.82, 2.24) is 20.5 Å². The highest BCUT2D eigenvalue weighted by atomic mass is 16.5. The van der Waals surface area contributed by atoms with Crippen molar-refractivity contribution >= 4 is 22.8 Å². The Morgan fingerprint density at radius 2 is 2.00 bits per heavy atom. The average Bonchev–Trinajstić information content (AvgIpc) is 3.08. The highest BCUT2D eigenvalue weighted by molar-refractivity contribution is 5.92. The van der Waals surface area contributed by atoms with Gasteiger partial charge in [0.25, 0.3) is 0 Å². The highest BCUT2D eigenvalue weighted by Crippen LogP contribution is 2.24. The topological polar surface area (TPSA) is 112 Å². The summed E-state index contributed by atoms with van der Waals surface area (Å²) in [6.45, 7) is 3.81. The zero-order valence-corrected chi connectivity index (χ0v) is 15.4. The van der Waals surface area contributed by atoms with E-state index in [0.29, 0.717) is 17.2 Å². The van der Waals surface area contributed by atoms with Gasteiger partial charge in [-0.2, -0.15) is 0 Å². The normalized spacial score (nSPS) is 13.4. The van der Waals surface area contributed by atoms with Crippen molar-refractivity contribution in [2.75, 3.05) is 12.4 Å². The van der Waals surface area contributed by atoms with E-state index in [4.69, 9.17) is 4.74 Å². The van der Waals surface area contributed by atoms with E-state index < -0.39 is 18.2 Å². The summed E-state index contributed by atoms with van der Waals surface area (Å²) in [5, 5.41) is 23.6. The maximum atomic E-state index is 12.5. The van der Waals surface area contributed by atoms with Gasteiger partial charge in [0.1, 0.15) is 5.82 Å². The zero-order valence-electron chi connectivity index (χ0n) is 15.4. The van der Waals surface area contributed by atoms with Crippen LogP contribution in [-0.4, -0.2) is 39.5 Å². The van der Waals surface area contributed by atoms with Crippen molar-refractivity contribution in [3.8, 4) is 5.88 Å². The number of ether oxygens (including phenoxy) is 1. The van der Waals surface area contributed by atoms with Gasteiger partial charge in [0.15, 0.2) is 0 Å². The van der Waals surface area contributed by atoms with E-state index in [-0.39, 0.29) is 5.92 Å². The van der Waals surface area contributed by atoms with Gasteiger partial charge in [-0.15, -0.1) is 5.10 Å². The van der Waals surface area contributed by atoms with Crippen LogP contribution in [0.2, 0.25) is 0 Å². The molecule has 2 amide bonds. The Morgan fingerprint density at radius 3 is 2.67 bits per heavy atom. The molecular weight excluding hydrogens is 346 g/mol. The Bertz CT molecular complexity index is 910. The molecule has 0 fully saturated rings. The van der Waals surface area contributed by atoms with Crippen LogP contribution in [0.25, 0.3) is 10.9 Å². The van der Waals surface area contributed by atoms with E-state index in [1.807, 2.05) is 44.2 Å². The fraction of sp³-hybridized carbons (Fsp3) is 0.316. The third kappa shape index (κ3) is 4.17. The van der Waals surface area contributed by atoms with Crippen molar-refractivity contribution in [1.29, 1.82) is 0 Å². The largest absolute Gasteiger partial charge is 0.479 e. The van der Waals surface area contributed by atoms with Crippen molar-refractivity contribution in [2.45, 2.75) is 26.0 Å². The molecule has 2 heterocycles. The molecule has 2 aromatic heterocycles. The van der Waals surface area contributed by atoms with Crippen molar-refractivity contribution in [3.05, 3.63) is 48.2 Å². The van der Waals surface area contributed by atoms with Crippen LogP contribution in [0.1, 0.15) is 25.5 Å². The van der Waals surface area contributed by atoms with Gasteiger partial charge < -0.3 is 15.2 Å². The molecule has 0 spiro atoms. The predicted molar refractivity (Wildman–Crippen MR) is 103 cm³/mol. The van der Waals surface area contributed by atoms with E-state index >= 15 is 0 Å². The van der Waals surface area contributed by atoms with E-state index in [2.05, 4.69) is 25.8 Å². The lowest BCUT2D eigenvalue weighted by molar-refractivity contribution is 0.0870. The fourth-order valence-electron chi connectivity index (χ4n) is 2.82. The maximum Gasteiger partial charge on any atom is 0.320 e. The van der Waals surface area contributed by atoms with Gasteiger partial charge in [-0.25, -0.2) is 9.78 Å². The minimum Gasteiger partial charge on any atom is -0.479 e. The molecule has 0 aliphatic rings. The van der Waals surface area contributed by atoms with Crippen molar-refractivity contribution in [3.63, 3.8) is 0 Å². The molecule has 1 aromatic carbocycles. The summed E-state index contributed by atoms with van der Waals surface area (Å²) < 4.78 is 5.13. The SMILES string of the molecule is COc1n[nH]c2cc(NC(=O)N[C@H](c3ccccc3)[C@H](O)C(C)C)ncc12. The Hall–Kier alpha value is -3.13. The molecule has 0 aliphatic heterocycles. The van der Waals surface area contributed by atoms with Gasteiger partial charge in [0.2, 0.25) is 5.88 Å². The molecular formula is C19H23N5O3. The summed E-state index contributed by atoms with van der Waals surface area (Å²) in [5.41, 5.74) is 1.52. The van der Waals surface area contributed by atoms with Gasteiger partial charge >= 0.3 is 6.03 Å². The van der Waals surface area contributed by atoms with Crippen LogP contribution >= 0.6 is 0 Å². The summed E-state index contributed by atoms with van der Waals surface area (Å²) >= 11 is 0. The van der Waals surface area contributed by atoms with E-state index in [9.17, 15) is 9.90 Å². The van der Waals surface area contributed by atoms with Gasteiger partial charge in [0.05, 0.1) is 30.2 Å². The number of methoxy groups -OCH3 is 1. The number of benzene rings is 1. The number of rotatable bonds is 6. The molecule has 0 saturated carbocycles. The van der Waals surface area contributed by atoms with Crippen LogP contribution in [-0.2, 0) is 0 Å². The van der Waals surface area contributed by atoms with Gasteiger partial charge in [-0.3, -0.25) is 10.4 Å². The molecule has 0 radical (unpaired) electrons. The molecule has 4 N–H and O–H groups in total. The lowest BCUT2D eigenvalue weighted by Crippen LogP contribution is -2.40. The predicted octanol–water partition coefficient (Wildman–Crippen LogP) is 2.85.